The van der Waals surface area contributed by atoms with E-state index in [1.807, 2.05) is 37.2 Å². The van der Waals surface area contributed by atoms with E-state index in [0.29, 0.717) is 16.3 Å². The Balaban J connectivity index is 2.37. The lowest BCUT2D eigenvalue weighted by molar-refractivity contribution is 0.108. The van der Waals surface area contributed by atoms with Crippen molar-refractivity contribution in [2.24, 2.45) is 0 Å². The lowest BCUT2D eigenvalue weighted by Gasteiger charge is -2.12. The van der Waals surface area contributed by atoms with Crippen molar-refractivity contribution in [3.8, 4) is 0 Å². The van der Waals surface area contributed by atoms with Crippen LogP contribution in [0.4, 0.5) is 5.69 Å². The second kappa shape index (κ2) is 5.13. The minimum absolute atomic E-state index is 0.0176. The highest BCUT2D eigenvalue weighted by atomic mass is 35.5. The van der Waals surface area contributed by atoms with E-state index in [0.717, 1.165) is 15.1 Å². The predicted octanol–water partition coefficient (Wildman–Crippen LogP) is 3.86. The highest BCUT2D eigenvalue weighted by Gasteiger charge is 2.10. The van der Waals surface area contributed by atoms with Crippen molar-refractivity contribution < 1.29 is 4.79 Å². The predicted molar refractivity (Wildman–Crippen MR) is 90.1 cm³/mol. The first kappa shape index (κ1) is 14.0. The summed E-state index contributed by atoms with van der Waals surface area (Å²) < 4.78 is 1.67. The lowest BCUT2D eigenvalue weighted by atomic mass is 10.1. The van der Waals surface area contributed by atoms with Gasteiger partial charge in [0.2, 0.25) is 0 Å². The van der Waals surface area contributed by atoms with Crippen LogP contribution in [0, 0.1) is 0 Å². The molecule has 106 valence electrons. The van der Waals surface area contributed by atoms with Gasteiger partial charge in [-0.15, -0.1) is 11.3 Å². The van der Waals surface area contributed by atoms with Crippen LogP contribution in [-0.4, -0.2) is 19.3 Å². The Morgan fingerprint density at radius 2 is 1.81 bits per heavy atom. The molecule has 21 heavy (non-hydrogen) atoms. The van der Waals surface area contributed by atoms with Crippen molar-refractivity contribution in [2.45, 2.75) is 0 Å². The van der Waals surface area contributed by atoms with Crippen molar-refractivity contribution in [3.05, 3.63) is 52.2 Å². The van der Waals surface area contributed by atoms with Crippen LogP contribution < -0.4 is 10.3 Å². The number of rotatable bonds is 2. The van der Waals surface area contributed by atoms with E-state index in [1.54, 1.807) is 18.2 Å². The zero-order chi connectivity index (χ0) is 15.1. The van der Waals surface area contributed by atoms with Crippen LogP contribution in [0.15, 0.2) is 41.2 Å². The van der Waals surface area contributed by atoms with Crippen molar-refractivity contribution >= 4 is 54.0 Å². The molecule has 5 heteroatoms. The van der Waals surface area contributed by atoms with Crippen LogP contribution in [0.25, 0.3) is 20.2 Å². The molecule has 0 fully saturated rings. The van der Waals surface area contributed by atoms with E-state index in [4.69, 9.17) is 11.6 Å². The monoisotopic (exact) mass is 317 g/mol. The minimum Gasteiger partial charge on any atom is -0.378 e. The maximum Gasteiger partial charge on any atom is 0.252 e. The van der Waals surface area contributed by atoms with Gasteiger partial charge in [-0.2, -0.15) is 0 Å². The maximum absolute atomic E-state index is 12.6. The Kier molecular flexibility index (Phi) is 3.43. The number of benzene rings is 2. The van der Waals surface area contributed by atoms with Gasteiger partial charge in [0, 0.05) is 45.5 Å². The van der Waals surface area contributed by atoms with Gasteiger partial charge in [-0.3, -0.25) is 9.59 Å². The molecule has 0 spiro atoms. The highest BCUT2D eigenvalue weighted by molar-refractivity contribution is 7.24. The van der Waals surface area contributed by atoms with Crippen molar-refractivity contribution in [1.82, 2.24) is 0 Å². The zero-order valence-corrected chi connectivity index (χ0v) is 13.1. The molecule has 2 aromatic carbocycles. The molecule has 0 N–H and O–H groups in total. The van der Waals surface area contributed by atoms with Crippen LogP contribution in [0.5, 0.6) is 0 Å². The molecule has 0 unspecified atom stereocenters. The topological polar surface area (TPSA) is 37.4 Å². The first-order valence-electron chi connectivity index (χ1n) is 6.35. The van der Waals surface area contributed by atoms with E-state index in [-0.39, 0.29) is 5.43 Å². The van der Waals surface area contributed by atoms with Crippen LogP contribution in [0.2, 0.25) is 0 Å². The zero-order valence-electron chi connectivity index (χ0n) is 11.5. The summed E-state index contributed by atoms with van der Waals surface area (Å²) in [6.45, 7) is 0. The molecule has 0 amide bonds. The number of hydrogen-bond donors (Lipinski definition) is 0. The summed E-state index contributed by atoms with van der Waals surface area (Å²) >= 11 is 6.99. The van der Waals surface area contributed by atoms with Crippen LogP contribution >= 0.6 is 22.9 Å². The Labute approximate surface area is 130 Å². The van der Waals surface area contributed by atoms with E-state index >= 15 is 0 Å². The average Bonchev–Trinajstić information content (AvgIpc) is 2.46. The van der Waals surface area contributed by atoms with Gasteiger partial charge in [-0.25, -0.2) is 0 Å². The first-order chi connectivity index (χ1) is 9.97. The summed E-state index contributed by atoms with van der Waals surface area (Å²) in [6, 6.07) is 10.7. The maximum atomic E-state index is 12.6. The SMILES string of the molecule is CN(C)c1ccc2sc3cc(C(=O)Cl)ccc3c(=O)c2c1. The molecule has 0 radical (unpaired) electrons. The summed E-state index contributed by atoms with van der Waals surface area (Å²) in [4.78, 5) is 25.8. The van der Waals surface area contributed by atoms with Gasteiger partial charge in [0.25, 0.3) is 5.24 Å². The van der Waals surface area contributed by atoms with E-state index in [9.17, 15) is 9.59 Å². The van der Waals surface area contributed by atoms with Gasteiger partial charge in [-0.1, -0.05) is 0 Å². The number of nitrogens with zero attached hydrogens (tertiary/aromatic N) is 1. The number of hydrogen-bond acceptors (Lipinski definition) is 4. The highest BCUT2D eigenvalue weighted by Crippen LogP contribution is 2.28. The first-order valence-corrected chi connectivity index (χ1v) is 7.54. The molecule has 0 saturated carbocycles. The second-order valence-electron chi connectivity index (χ2n) is 4.99. The summed E-state index contributed by atoms with van der Waals surface area (Å²) in [7, 11) is 3.88. The fraction of sp³-hybridized carbons (Fsp3) is 0.125. The molecule has 3 rings (SSSR count). The Morgan fingerprint density at radius 3 is 2.48 bits per heavy atom. The van der Waals surface area contributed by atoms with Gasteiger partial charge in [0.1, 0.15) is 0 Å². The number of halogens is 1. The summed E-state index contributed by atoms with van der Waals surface area (Å²) in [5.74, 6) is 0. The molecule has 0 aliphatic carbocycles. The molecule has 1 heterocycles. The number of carbonyl (C=O) groups is 1. The molecule has 1 aromatic heterocycles. The van der Waals surface area contributed by atoms with Gasteiger partial charge in [-0.05, 0) is 48.0 Å². The molecular weight excluding hydrogens is 306 g/mol. The fourth-order valence-electron chi connectivity index (χ4n) is 2.24. The lowest BCUT2D eigenvalue weighted by Crippen LogP contribution is -2.09. The molecule has 0 atom stereocenters. The molecular formula is C16H12ClNO2S. The Hall–Kier alpha value is -1.91. The summed E-state index contributed by atoms with van der Waals surface area (Å²) in [6.07, 6.45) is 0. The summed E-state index contributed by atoms with van der Waals surface area (Å²) in [5, 5.41) is 0.799. The fourth-order valence-corrected chi connectivity index (χ4v) is 3.45. The Morgan fingerprint density at radius 1 is 1.05 bits per heavy atom. The largest absolute Gasteiger partial charge is 0.378 e. The van der Waals surface area contributed by atoms with E-state index in [1.165, 1.54) is 11.3 Å². The van der Waals surface area contributed by atoms with Gasteiger partial charge in [0.05, 0.1) is 0 Å². The molecule has 3 aromatic rings. The third kappa shape index (κ3) is 2.41. The smallest absolute Gasteiger partial charge is 0.252 e. The normalized spacial score (nSPS) is 11.0. The van der Waals surface area contributed by atoms with Crippen LogP contribution in [0.3, 0.4) is 0 Å². The van der Waals surface area contributed by atoms with E-state index < -0.39 is 5.24 Å². The third-order valence-electron chi connectivity index (χ3n) is 3.40. The standard InChI is InChI=1S/C16H12ClNO2S/c1-18(2)10-4-6-13-12(8-10)15(19)11-5-3-9(16(17)20)7-14(11)21-13/h3-8H,1-2H3. The third-order valence-corrected chi connectivity index (χ3v) is 4.75. The van der Waals surface area contributed by atoms with Gasteiger partial charge in [0.15, 0.2) is 5.43 Å². The van der Waals surface area contributed by atoms with Crippen LogP contribution in [0.1, 0.15) is 10.4 Å². The number of fused-ring (bicyclic) bond motifs is 2. The Bertz CT molecular complexity index is 931. The molecule has 0 aliphatic heterocycles. The quantitative estimate of drug-likeness (QED) is 0.532. The minimum atomic E-state index is -0.514. The summed E-state index contributed by atoms with van der Waals surface area (Å²) in [5.41, 5.74) is 1.37. The number of carbonyl (C=O) groups excluding carboxylic acids is 1. The van der Waals surface area contributed by atoms with Crippen molar-refractivity contribution in [2.75, 3.05) is 19.0 Å². The molecule has 3 nitrogen and oxygen atoms in total. The number of anilines is 1. The molecule has 0 aliphatic rings. The average molecular weight is 318 g/mol. The molecule has 0 saturated heterocycles. The second-order valence-corrected chi connectivity index (χ2v) is 6.42. The van der Waals surface area contributed by atoms with Crippen molar-refractivity contribution in [3.63, 3.8) is 0 Å². The van der Waals surface area contributed by atoms with Gasteiger partial charge < -0.3 is 4.90 Å². The van der Waals surface area contributed by atoms with Crippen LogP contribution in [-0.2, 0) is 0 Å². The van der Waals surface area contributed by atoms with Crippen molar-refractivity contribution in [1.29, 1.82) is 0 Å². The van der Waals surface area contributed by atoms with E-state index in [2.05, 4.69) is 0 Å². The van der Waals surface area contributed by atoms with Gasteiger partial charge >= 0.3 is 0 Å². The molecule has 0 bridgehead atoms.